The van der Waals surface area contributed by atoms with Crippen LogP contribution in [0.25, 0.3) is 5.70 Å². The predicted octanol–water partition coefficient (Wildman–Crippen LogP) is 4.71. The number of esters is 1. The second-order valence-electron chi connectivity index (χ2n) is 7.98. The van der Waals surface area contributed by atoms with Crippen LogP contribution in [0.3, 0.4) is 0 Å². The largest absolute Gasteiger partial charge is 0.496 e. The van der Waals surface area contributed by atoms with Gasteiger partial charge in [0, 0.05) is 18.1 Å². The van der Waals surface area contributed by atoms with Gasteiger partial charge in [-0.2, -0.15) is 5.43 Å². The zero-order chi connectivity index (χ0) is 23.4. The van der Waals surface area contributed by atoms with E-state index >= 15 is 0 Å². The van der Waals surface area contributed by atoms with E-state index in [-0.39, 0.29) is 11.8 Å². The first kappa shape index (κ1) is 23.2. The van der Waals surface area contributed by atoms with Gasteiger partial charge >= 0.3 is 5.97 Å². The van der Waals surface area contributed by atoms with Gasteiger partial charge in [-0.1, -0.05) is 36.2 Å². The van der Waals surface area contributed by atoms with Gasteiger partial charge in [0.25, 0.3) is 0 Å². The second-order valence-corrected chi connectivity index (χ2v) is 8.97. The van der Waals surface area contributed by atoms with Crippen molar-refractivity contribution in [2.24, 2.45) is 5.10 Å². The first-order valence-electron chi connectivity index (χ1n) is 11.4. The number of Topliss-reactive ketones (excluding diaryl/α,β-unsaturated/α-hetero) is 1. The molecule has 0 radical (unpaired) electrons. The fourth-order valence-electron chi connectivity index (χ4n) is 4.17. The summed E-state index contributed by atoms with van der Waals surface area (Å²) in [6, 6.07) is 5.26. The molecule has 2 aliphatic rings. The van der Waals surface area contributed by atoms with Gasteiger partial charge < -0.3 is 14.2 Å². The van der Waals surface area contributed by atoms with E-state index in [1.165, 1.54) is 11.3 Å². The number of benzene rings is 1. The Morgan fingerprint density at radius 2 is 2.03 bits per heavy atom. The van der Waals surface area contributed by atoms with Crippen molar-refractivity contribution in [1.29, 1.82) is 0 Å². The Bertz CT molecular complexity index is 1130. The lowest BCUT2D eigenvalue weighted by atomic mass is 9.91. The lowest BCUT2D eigenvalue weighted by Crippen LogP contribution is -2.73. The number of hydrogen-bond donors (Lipinski definition) is 1. The highest BCUT2D eigenvalue weighted by atomic mass is 32.1. The number of ether oxygens (including phenoxy) is 3. The Hall–Kier alpha value is -2.97. The molecule has 0 saturated carbocycles. The lowest BCUT2D eigenvalue weighted by Gasteiger charge is -2.14. The van der Waals surface area contributed by atoms with Crippen molar-refractivity contribution in [1.82, 2.24) is 0 Å². The molecular formula is C25H29N2O5S+. The number of allylic oxidation sites excluding steroid dienone is 1. The van der Waals surface area contributed by atoms with Crippen molar-refractivity contribution in [3.63, 3.8) is 0 Å². The van der Waals surface area contributed by atoms with Crippen LogP contribution in [0.1, 0.15) is 77.1 Å². The summed E-state index contributed by atoms with van der Waals surface area (Å²) in [5.74, 6) is 0.767. The maximum absolute atomic E-state index is 12.6. The van der Waals surface area contributed by atoms with E-state index in [9.17, 15) is 9.59 Å². The summed E-state index contributed by atoms with van der Waals surface area (Å²) in [7, 11) is 1.55. The van der Waals surface area contributed by atoms with Crippen molar-refractivity contribution in [3.8, 4) is 16.6 Å². The predicted molar refractivity (Wildman–Crippen MR) is 127 cm³/mol. The summed E-state index contributed by atoms with van der Waals surface area (Å²) in [5.41, 5.74) is 6.37. The van der Waals surface area contributed by atoms with E-state index in [2.05, 4.69) is 12.0 Å². The van der Waals surface area contributed by atoms with Gasteiger partial charge in [0.1, 0.15) is 16.4 Å². The van der Waals surface area contributed by atoms with Crippen LogP contribution >= 0.6 is 11.3 Å². The quantitative estimate of drug-likeness (QED) is 0.236. The van der Waals surface area contributed by atoms with Crippen molar-refractivity contribution >= 4 is 35.0 Å². The molecular weight excluding hydrogens is 440 g/mol. The monoisotopic (exact) mass is 469 g/mol. The van der Waals surface area contributed by atoms with Crippen LogP contribution in [-0.4, -0.2) is 31.7 Å². The molecule has 2 aromatic rings. The van der Waals surface area contributed by atoms with Crippen LogP contribution in [-0.2, 0) is 11.2 Å². The fourth-order valence-corrected chi connectivity index (χ4v) is 5.30. The fraction of sp³-hybridized carbons (Fsp3) is 0.400. The Labute approximate surface area is 197 Å². The smallest absolute Gasteiger partial charge is 0.348 e. The molecule has 1 aromatic carbocycles. The van der Waals surface area contributed by atoms with Gasteiger partial charge in [-0.15, -0.1) is 0 Å². The Morgan fingerprint density at radius 1 is 1.18 bits per heavy atom. The van der Waals surface area contributed by atoms with Gasteiger partial charge in [-0.25, -0.2) is 4.79 Å². The van der Waals surface area contributed by atoms with Crippen molar-refractivity contribution in [2.75, 3.05) is 13.7 Å². The molecule has 174 valence electrons. The van der Waals surface area contributed by atoms with Gasteiger partial charge in [0.05, 0.1) is 31.1 Å². The molecule has 0 spiro atoms. The van der Waals surface area contributed by atoms with Crippen molar-refractivity contribution in [3.05, 3.63) is 45.3 Å². The SMILES string of the molecule is CCCCCC(=O)c1ccc(Oc2sc(C(=O)OCC)c3c2C2=C(C=N[NH2+]2)CC3)cc1OC. The minimum atomic E-state index is -0.331. The maximum atomic E-state index is 12.6. The topological polar surface area (TPSA) is 90.8 Å². The minimum Gasteiger partial charge on any atom is -0.496 e. The lowest BCUT2D eigenvalue weighted by molar-refractivity contribution is -0.565. The molecule has 2 N–H and O–H groups in total. The van der Waals surface area contributed by atoms with Crippen LogP contribution in [0.2, 0.25) is 0 Å². The average molecular weight is 470 g/mol. The molecule has 4 rings (SSSR count). The highest BCUT2D eigenvalue weighted by molar-refractivity contribution is 7.16. The molecule has 33 heavy (non-hydrogen) atoms. The number of unbranched alkanes of at least 4 members (excludes halogenated alkanes) is 2. The number of thiophene rings is 1. The van der Waals surface area contributed by atoms with Crippen molar-refractivity contribution in [2.45, 2.75) is 52.4 Å². The van der Waals surface area contributed by atoms with E-state index in [4.69, 9.17) is 14.2 Å². The van der Waals surface area contributed by atoms with E-state index in [0.29, 0.717) is 40.0 Å². The van der Waals surface area contributed by atoms with Crippen molar-refractivity contribution < 1.29 is 29.2 Å². The highest BCUT2D eigenvalue weighted by Gasteiger charge is 2.35. The van der Waals surface area contributed by atoms with Crippen LogP contribution < -0.4 is 14.9 Å². The zero-order valence-corrected chi connectivity index (χ0v) is 20.0. The summed E-state index contributed by atoms with van der Waals surface area (Å²) < 4.78 is 17.1. The second kappa shape index (κ2) is 10.3. The van der Waals surface area contributed by atoms with E-state index < -0.39 is 0 Å². The molecule has 1 aliphatic carbocycles. The number of carbonyl (C=O) groups is 2. The van der Waals surface area contributed by atoms with Gasteiger partial charge in [0.15, 0.2) is 16.5 Å². The standard InChI is InChI=1S/C25H28N2O5S/c1-4-6-7-8-19(28)17-12-10-16(13-20(17)30-3)32-25-21-18(23(33-25)24(29)31-5-2)11-9-15-14-26-27-22(15)21/h10,12-14H,4-9,11H2,1-3H3,(H,26,27)/p+1. The van der Waals surface area contributed by atoms with E-state index in [1.807, 2.05) is 11.6 Å². The summed E-state index contributed by atoms with van der Waals surface area (Å²) in [6.45, 7) is 4.23. The number of ketones is 1. The van der Waals surface area contributed by atoms with Gasteiger partial charge in [0.2, 0.25) is 0 Å². The molecule has 8 heteroatoms. The molecule has 2 heterocycles. The molecule has 0 fully saturated rings. The number of carbonyl (C=O) groups excluding carboxylic acids is 2. The minimum absolute atomic E-state index is 0.0671. The molecule has 1 aliphatic heterocycles. The summed E-state index contributed by atoms with van der Waals surface area (Å²) in [5, 5.41) is 4.92. The third kappa shape index (κ3) is 4.72. The maximum Gasteiger partial charge on any atom is 0.348 e. The van der Waals surface area contributed by atoms with Crippen LogP contribution in [0, 0.1) is 0 Å². The van der Waals surface area contributed by atoms with Gasteiger partial charge in [-0.05, 0) is 43.9 Å². The third-order valence-electron chi connectivity index (χ3n) is 5.82. The third-order valence-corrected chi connectivity index (χ3v) is 6.91. The molecule has 0 amide bonds. The summed E-state index contributed by atoms with van der Waals surface area (Å²) in [6.07, 6.45) is 6.88. The van der Waals surface area contributed by atoms with Crippen LogP contribution in [0.15, 0.2) is 28.9 Å². The Morgan fingerprint density at radius 3 is 2.79 bits per heavy atom. The number of nitrogens with two attached hydrogens (primary N) is 1. The Kier molecular flexibility index (Phi) is 7.25. The van der Waals surface area contributed by atoms with Gasteiger partial charge in [-0.3, -0.25) is 4.79 Å². The number of rotatable bonds is 10. The number of quaternary nitrogens is 1. The zero-order valence-electron chi connectivity index (χ0n) is 19.2. The molecule has 0 bridgehead atoms. The molecule has 0 atom stereocenters. The number of fused-ring (bicyclic) bond motifs is 2. The number of methoxy groups -OCH3 is 1. The first-order chi connectivity index (χ1) is 16.1. The summed E-state index contributed by atoms with van der Waals surface area (Å²) in [4.78, 5) is 25.8. The van der Waals surface area contributed by atoms with E-state index in [0.717, 1.165) is 54.5 Å². The first-order valence-corrected chi connectivity index (χ1v) is 12.2. The molecule has 1 aromatic heterocycles. The average Bonchev–Trinajstić information content (AvgIpc) is 3.43. The highest BCUT2D eigenvalue weighted by Crippen LogP contribution is 2.45. The summed E-state index contributed by atoms with van der Waals surface area (Å²) >= 11 is 1.29. The Balaban J connectivity index is 1.65. The van der Waals surface area contributed by atoms with E-state index in [1.54, 1.807) is 32.2 Å². The molecule has 7 nitrogen and oxygen atoms in total. The van der Waals surface area contributed by atoms with Crippen LogP contribution in [0.5, 0.6) is 16.6 Å². The molecule has 0 unspecified atom stereocenters. The normalized spacial score (nSPS) is 14.2. The molecule has 0 saturated heterocycles. The number of hydrogen-bond acceptors (Lipinski definition) is 7. The number of nitrogens with zero attached hydrogens (tertiary/aromatic N) is 1. The van der Waals surface area contributed by atoms with Crippen LogP contribution in [0.4, 0.5) is 0 Å².